The summed E-state index contributed by atoms with van der Waals surface area (Å²) in [5, 5.41) is 5.58. The number of nitrogens with one attached hydrogen (secondary N) is 2. The first-order valence-corrected chi connectivity index (χ1v) is 9.41. The maximum Gasteiger partial charge on any atom is 0.325 e. The topological polar surface area (TPSA) is 78.5 Å². The van der Waals surface area contributed by atoms with Crippen molar-refractivity contribution < 1.29 is 14.4 Å². The molecule has 28 heavy (non-hydrogen) atoms. The molecule has 0 saturated carbocycles. The number of carbonyl (C=O) groups is 3. The summed E-state index contributed by atoms with van der Waals surface area (Å²) in [6.45, 7) is 3.28. The largest absolute Gasteiger partial charge is 0.348 e. The number of amides is 4. The smallest absolute Gasteiger partial charge is 0.325 e. The van der Waals surface area contributed by atoms with Crippen molar-refractivity contribution in [2.24, 2.45) is 0 Å². The summed E-state index contributed by atoms with van der Waals surface area (Å²) < 4.78 is 0. The fraction of sp³-hybridized carbons (Fsp3) is 0.318. The lowest BCUT2D eigenvalue weighted by molar-refractivity contribution is -0.134. The van der Waals surface area contributed by atoms with Crippen molar-refractivity contribution in [2.45, 2.75) is 38.3 Å². The maximum absolute atomic E-state index is 12.8. The third-order valence-electron chi connectivity index (χ3n) is 5.08. The van der Waals surface area contributed by atoms with Crippen molar-refractivity contribution in [2.75, 3.05) is 6.54 Å². The van der Waals surface area contributed by atoms with E-state index < -0.39 is 11.6 Å². The van der Waals surface area contributed by atoms with E-state index in [1.54, 1.807) is 6.92 Å². The molecule has 6 nitrogen and oxygen atoms in total. The Hall–Kier alpha value is -3.15. The van der Waals surface area contributed by atoms with Gasteiger partial charge >= 0.3 is 6.03 Å². The van der Waals surface area contributed by atoms with Crippen molar-refractivity contribution in [3.05, 3.63) is 71.8 Å². The van der Waals surface area contributed by atoms with Crippen LogP contribution < -0.4 is 10.6 Å². The third kappa shape index (κ3) is 4.39. The number of aryl methyl sites for hydroxylation is 1. The Balaban J connectivity index is 1.59. The highest BCUT2D eigenvalue weighted by atomic mass is 16.2. The van der Waals surface area contributed by atoms with Crippen molar-refractivity contribution in [3.8, 4) is 0 Å². The Morgan fingerprint density at radius 1 is 1.07 bits per heavy atom. The van der Waals surface area contributed by atoms with Gasteiger partial charge in [0.2, 0.25) is 5.91 Å². The second kappa shape index (κ2) is 8.25. The summed E-state index contributed by atoms with van der Waals surface area (Å²) in [4.78, 5) is 38.5. The molecule has 0 bridgehead atoms. The van der Waals surface area contributed by atoms with Gasteiger partial charge in [-0.15, -0.1) is 0 Å². The van der Waals surface area contributed by atoms with Crippen molar-refractivity contribution in [1.29, 1.82) is 0 Å². The molecule has 2 atom stereocenters. The van der Waals surface area contributed by atoms with Crippen LogP contribution in [0.1, 0.15) is 37.4 Å². The molecule has 1 aliphatic rings. The van der Waals surface area contributed by atoms with E-state index in [-0.39, 0.29) is 24.4 Å². The Bertz CT molecular complexity index is 854. The molecule has 1 fully saturated rings. The highest BCUT2D eigenvalue weighted by Crippen LogP contribution is 2.23. The van der Waals surface area contributed by atoms with E-state index in [0.29, 0.717) is 12.8 Å². The average Bonchev–Trinajstić information content (AvgIpc) is 2.91. The Morgan fingerprint density at radius 2 is 1.68 bits per heavy atom. The van der Waals surface area contributed by atoms with E-state index >= 15 is 0 Å². The lowest BCUT2D eigenvalue weighted by Gasteiger charge is -2.22. The molecule has 0 radical (unpaired) electrons. The molecule has 0 spiro atoms. The highest BCUT2D eigenvalue weighted by molar-refractivity contribution is 6.08. The quantitative estimate of drug-likeness (QED) is 0.726. The summed E-state index contributed by atoms with van der Waals surface area (Å²) in [7, 11) is 0. The zero-order valence-corrected chi connectivity index (χ0v) is 16.1. The van der Waals surface area contributed by atoms with Gasteiger partial charge in [0.15, 0.2) is 0 Å². The Labute approximate surface area is 164 Å². The Morgan fingerprint density at radius 3 is 2.32 bits per heavy atom. The zero-order chi connectivity index (χ0) is 20.1. The van der Waals surface area contributed by atoms with Crippen LogP contribution in [0.5, 0.6) is 0 Å². The predicted molar refractivity (Wildman–Crippen MR) is 106 cm³/mol. The van der Waals surface area contributed by atoms with Crippen molar-refractivity contribution in [1.82, 2.24) is 15.5 Å². The van der Waals surface area contributed by atoms with Gasteiger partial charge in [0.05, 0.1) is 6.04 Å². The van der Waals surface area contributed by atoms with Gasteiger partial charge < -0.3 is 10.6 Å². The van der Waals surface area contributed by atoms with E-state index in [0.717, 1.165) is 16.0 Å². The predicted octanol–water partition coefficient (Wildman–Crippen LogP) is 2.81. The molecule has 2 N–H and O–H groups in total. The summed E-state index contributed by atoms with van der Waals surface area (Å²) >= 11 is 0. The molecular formula is C22H25N3O3. The maximum atomic E-state index is 12.8. The van der Waals surface area contributed by atoms with Crippen molar-refractivity contribution >= 4 is 17.8 Å². The fourth-order valence-electron chi connectivity index (χ4n) is 3.35. The molecular weight excluding hydrogens is 354 g/mol. The molecule has 146 valence electrons. The summed E-state index contributed by atoms with van der Waals surface area (Å²) in [5.41, 5.74) is 1.05. The van der Waals surface area contributed by atoms with Gasteiger partial charge in [-0.1, -0.05) is 60.7 Å². The van der Waals surface area contributed by atoms with Crippen LogP contribution in [-0.2, 0) is 16.0 Å². The fourth-order valence-corrected chi connectivity index (χ4v) is 3.35. The van der Waals surface area contributed by atoms with Crippen LogP contribution in [-0.4, -0.2) is 34.8 Å². The van der Waals surface area contributed by atoms with Gasteiger partial charge in [-0.2, -0.15) is 0 Å². The molecule has 0 aliphatic carbocycles. The first kappa shape index (κ1) is 19.6. The monoisotopic (exact) mass is 379 g/mol. The molecule has 2 aromatic carbocycles. The van der Waals surface area contributed by atoms with Gasteiger partial charge in [-0.05, 0) is 37.8 Å². The van der Waals surface area contributed by atoms with Gasteiger partial charge in [0, 0.05) is 0 Å². The second-order valence-corrected chi connectivity index (χ2v) is 7.34. The summed E-state index contributed by atoms with van der Waals surface area (Å²) in [6.07, 6.45) is 1.13. The van der Waals surface area contributed by atoms with Crippen LogP contribution in [0.3, 0.4) is 0 Å². The molecule has 0 unspecified atom stereocenters. The highest BCUT2D eigenvalue weighted by Gasteiger charge is 2.47. The van der Waals surface area contributed by atoms with Crippen LogP contribution >= 0.6 is 0 Å². The van der Waals surface area contributed by atoms with E-state index in [1.165, 1.54) is 0 Å². The van der Waals surface area contributed by atoms with Crippen LogP contribution in [0.4, 0.5) is 4.79 Å². The minimum Gasteiger partial charge on any atom is -0.348 e. The van der Waals surface area contributed by atoms with Crippen LogP contribution in [0.2, 0.25) is 0 Å². The van der Waals surface area contributed by atoms with Gasteiger partial charge in [0.1, 0.15) is 12.1 Å². The minimum absolute atomic E-state index is 0.209. The lowest BCUT2D eigenvalue weighted by Crippen LogP contribution is -2.45. The number of imide groups is 1. The zero-order valence-electron chi connectivity index (χ0n) is 16.1. The molecule has 2 aromatic rings. The molecule has 1 heterocycles. The molecule has 0 aromatic heterocycles. The number of hydrogen-bond donors (Lipinski definition) is 2. The van der Waals surface area contributed by atoms with E-state index in [4.69, 9.17) is 0 Å². The molecule has 1 saturated heterocycles. The number of nitrogens with zero attached hydrogens (tertiary/aromatic N) is 1. The first-order chi connectivity index (χ1) is 13.4. The van der Waals surface area contributed by atoms with Crippen molar-refractivity contribution in [3.63, 3.8) is 0 Å². The van der Waals surface area contributed by atoms with Gasteiger partial charge in [-0.3, -0.25) is 14.5 Å². The average molecular weight is 379 g/mol. The molecule has 6 heteroatoms. The molecule has 3 rings (SSSR count). The number of rotatable bonds is 7. The Kier molecular flexibility index (Phi) is 5.78. The standard InChI is InChI=1S/C22H25N3O3/c1-16(18-11-7-4-8-12-18)23-19(26)15-25-20(27)22(2,24-21(25)28)14-13-17-9-5-3-6-10-17/h3-12,16H,13-15H2,1-2H3,(H,23,26)(H,24,28)/t16-,22-/m1/s1. The summed E-state index contributed by atoms with van der Waals surface area (Å²) in [6, 6.07) is 18.6. The van der Waals surface area contributed by atoms with E-state index in [1.807, 2.05) is 67.6 Å². The number of urea groups is 1. The van der Waals surface area contributed by atoms with Crippen LogP contribution in [0.25, 0.3) is 0 Å². The second-order valence-electron chi connectivity index (χ2n) is 7.34. The van der Waals surface area contributed by atoms with Gasteiger partial charge in [0.25, 0.3) is 5.91 Å². The van der Waals surface area contributed by atoms with Crippen LogP contribution in [0, 0.1) is 0 Å². The molecule has 1 aliphatic heterocycles. The minimum atomic E-state index is -1.00. The lowest BCUT2D eigenvalue weighted by atomic mass is 9.93. The normalized spacial score (nSPS) is 20.0. The number of benzene rings is 2. The number of carbonyl (C=O) groups excluding carboxylic acids is 3. The van der Waals surface area contributed by atoms with E-state index in [9.17, 15) is 14.4 Å². The van der Waals surface area contributed by atoms with Crippen LogP contribution in [0.15, 0.2) is 60.7 Å². The molecule has 4 amide bonds. The SMILES string of the molecule is C[C@@H](NC(=O)CN1C(=O)N[C@](C)(CCc2ccccc2)C1=O)c1ccccc1. The van der Waals surface area contributed by atoms with Gasteiger partial charge in [-0.25, -0.2) is 4.79 Å². The first-order valence-electron chi connectivity index (χ1n) is 9.41. The summed E-state index contributed by atoms with van der Waals surface area (Å²) in [5.74, 6) is -0.733. The number of hydrogen-bond acceptors (Lipinski definition) is 3. The van der Waals surface area contributed by atoms with E-state index in [2.05, 4.69) is 10.6 Å². The third-order valence-corrected chi connectivity index (χ3v) is 5.08.